The molecule has 29 heavy (non-hydrogen) atoms. The smallest absolute Gasteiger partial charge is 0.337 e. The predicted octanol–water partition coefficient (Wildman–Crippen LogP) is 3.41. The number of nitrogens with zero attached hydrogens (tertiary/aromatic N) is 3. The van der Waals surface area contributed by atoms with Crippen molar-refractivity contribution in [2.45, 2.75) is 26.7 Å². The molecule has 3 aromatic rings. The van der Waals surface area contributed by atoms with E-state index in [-0.39, 0.29) is 11.9 Å². The molecule has 0 saturated heterocycles. The Bertz CT molecular complexity index is 1090. The summed E-state index contributed by atoms with van der Waals surface area (Å²) in [6.45, 7) is 4.55. The largest absolute Gasteiger partial charge is 0.465 e. The third kappa shape index (κ3) is 3.42. The van der Waals surface area contributed by atoms with Gasteiger partial charge in [0, 0.05) is 23.5 Å². The molecule has 0 radical (unpaired) electrons. The van der Waals surface area contributed by atoms with E-state index in [1.807, 2.05) is 61.0 Å². The number of benzene rings is 2. The topological polar surface area (TPSA) is 64.4 Å². The number of para-hydroxylation sites is 1. The van der Waals surface area contributed by atoms with Gasteiger partial charge in [-0.2, -0.15) is 5.10 Å². The Kier molecular flexibility index (Phi) is 4.92. The van der Waals surface area contributed by atoms with Crippen LogP contribution < -0.4 is 4.90 Å². The molecule has 0 saturated carbocycles. The number of aromatic nitrogens is 2. The molecular weight excluding hydrogens is 366 g/mol. The maximum atomic E-state index is 13.1. The molecular formula is C23H23N3O3. The van der Waals surface area contributed by atoms with Gasteiger partial charge in [0.05, 0.1) is 30.5 Å². The molecule has 0 N–H and O–H groups in total. The van der Waals surface area contributed by atoms with Gasteiger partial charge in [0.1, 0.15) is 0 Å². The van der Waals surface area contributed by atoms with Crippen molar-refractivity contribution in [1.82, 2.24) is 9.78 Å². The van der Waals surface area contributed by atoms with Gasteiger partial charge in [-0.25, -0.2) is 9.48 Å². The van der Waals surface area contributed by atoms with Crippen molar-refractivity contribution in [3.8, 4) is 5.69 Å². The summed E-state index contributed by atoms with van der Waals surface area (Å²) in [6, 6.07) is 15.3. The van der Waals surface area contributed by atoms with Crippen LogP contribution in [0.25, 0.3) is 5.69 Å². The van der Waals surface area contributed by atoms with Crippen LogP contribution in [0.3, 0.4) is 0 Å². The van der Waals surface area contributed by atoms with Crippen LogP contribution in [0.5, 0.6) is 0 Å². The Morgan fingerprint density at radius 3 is 2.59 bits per heavy atom. The number of ether oxygens (including phenoxy) is 1. The van der Waals surface area contributed by atoms with Crippen LogP contribution in [-0.2, 0) is 22.4 Å². The Balaban J connectivity index is 1.58. The Morgan fingerprint density at radius 1 is 1.10 bits per heavy atom. The van der Waals surface area contributed by atoms with E-state index in [2.05, 4.69) is 5.10 Å². The SMILES string of the molecule is COC(=O)c1ccc2c(c1)CCN2C(=O)Cc1c(C)nn(-c2ccccc2)c1C. The molecule has 6 nitrogen and oxygen atoms in total. The zero-order valence-corrected chi connectivity index (χ0v) is 16.8. The molecule has 4 rings (SSSR count). The van der Waals surface area contributed by atoms with Crippen LogP contribution in [0.4, 0.5) is 5.69 Å². The monoisotopic (exact) mass is 389 g/mol. The first-order valence-electron chi connectivity index (χ1n) is 9.61. The average Bonchev–Trinajstić information content (AvgIpc) is 3.29. The summed E-state index contributed by atoms with van der Waals surface area (Å²) < 4.78 is 6.67. The fourth-order valence-electron chi connectivity index (χ4n) is 3.90. The van der Waals surface area contributed by atoms with Crippen LogP contribution >= 0.6 is 0 Å². The minimum Gasteiger partial charge on any atom is -0.465 e. The quantitative estimate of drug-likeness (QED) is 0.642. The molecule has 0 spiro atoms. The fraction of sp³-hybridized carbons (Fsp3) is 0.261. The summed E-state index contributed by atoms with van der Waals surface area (Å²) >= 11 is 0. The lowest BCUT2D eigenvalue weighted by molar-refractivity contribution is -0.117. The van der Waals surface area contributed by atoms with Gasteiger partial charge >= 0.3 is 5.97 Å². The second kappa shape index (κ2) is 7.54. The Labute approximate surface area is 169 Å². The van der Waals surface area contributed by atoms with Crippen LogP contribution in [0.2, 0.25) is 0 Å². The Hall–Kier alpha value is -3.41. The number of rotatable bonds is 4. The highest BCUT2D eigenvalue weighted by Crippen LogP contribution is 2.30. The number of aryl methyl sites for hydroxylation is 1. The van der Waals surface area contributed by atoms with Crippen molar-refractivity contribution < 1.29 is 14.3 Å². The zero-order valence-electron chi connectivity index (χ0n) is 16.8. The standard InChI is InChI=1S/C23H23N3O3/c1-15-20(16(2)26(24-15)19-7-5-4-6-8-19)14-22(27)25-12-11-17-13-18(23(28)29-3)9-10-21(17)25/h4-10,13H,11-12,14H2,1-3H3. The number of carbonyl (C=O) groups excluding carboxylic acids is 2. The molecule has 1 aromatic heterocycles. The number of fused-ring (bicyclic) bond motifs is 1. The molecule has 0 atom stereocenters. The van der Waals surface area contributed by atoms with E-state index in [0.717, 1.165) is 40.3 Å². The fourth-order valence-corrected chi connectivity index (χ4v) is 3.90. The van der Waals surface area contributed by atoms with E-state index in [0.29, 0.717) is 18.5 Å². The molecule has 6 heteroatoms. The summed E-state index contributed by atoms with van der Waals surface area (Å²) in [5.41, 5.74) is 6.15. The van der Waals surface area contributed by atoms with Gasteiger partial charge in [0.15, 0.2) is 0 Å². The zero-order chi connectivity index (χ0) is 20.5. The number of hydrogen-bond donors (Lipinski definition) is 0. The summed E-state index contributed by atoms with van der Waals surface area (Å²) in [4.78, 5) is 26.7. The van der Waals surface area contributed by atoms with Crippen molar-refractivity contribution in [1.29, 1.82) is 0 Å². The number of esters is 1. The summed E-state index contributed by atoms with van der Waals surface area (Å²) in [6.07, 6.45) is 1.02. The number of hydrogen-bond acceptors (Lipinski definition) is 4. The molecule has 0 unspecified atom stereocenters. The van der Waals surface area contributed by atoms with E-state index < -0.39 is 0 Å². The van der Waals surface area contributed by atoms with Crippen molar-refractivity contribution in [2.24, 2.45) is 0 Å². The van der Waals surface area contributed by atoms with E-state index in [9.17, 15) is 9.59 Å². The van der Waals surface area contributed by atoms with Crippen molar-refractivity contribution in [2.75, 3.05) is 18.6 Å². The molecule has 2 heterocycles. The lowest BCUT2D eigenvalue weighted by atomic mass is 10.1. The minimum absolute atomic E-state index is 0.0355. The molecule has 1 amide bonds. The van der Waals surface area contributed by atoms with E-state index in [1.54, 1.807) is 11.0 Å². The van der Waals surface area contributed by atoms with E-state index in [4.69, 9.17) is 4.74 Å². The number of amides is 1. The average molecular weight is 389 g/mol. The lowest BCUT2D eigenvalue weighted by Crippen LogP contribution is -2.30. The first kappa shape index (κ1) is 18.9. The van der Waals surface area contributed by atoms with Gasteiger partial charge < -0.3 is 9.64 Å². The predicted molar refractivity (Wildman–Crippen MR) is 111 cm³/mol. The van der Waals surface area contributed by atoms with E-state index >= 15 is 0 Å². The first-order chi connectivity index (χ1) is 14.0. The van der Waals surface area contributed by atoms with Crippen LogP contribution in [0, 0.1) is 13.8 Å². The highest BCUT2D eigenvalue weighted by molar-refractivity contribution is 5.98. The van der Waals surface area contributed by atoms with Gasteiger partial charge in [-0.3, -0.25) is 4.79 Å². The molecule has 0 bridgehead atoms. The molecule has 0 fully saturated rings. The van der Waals surface area contributed by atoms with Crippen LogP contribution in [0.15, 0.2) is 48.5 Å². The third-order valence-corrected chi connectivity index (χ3v) is 5.47. The Morgan fingerprint density at radius 2 is 1.86 bits per heavy atom. The number of methoxy groups -OCH3 is 1. The summed E-state index contributed by atoms with van der Waals surface area (Å²) in [7, 11) is 1.37. The highest BCUT2D eigenvalue weighted by Gasteiger charge is 2.27. The lowest BCUT2D eigenvalue weighted by Gasteiger charge is -2.18. The number of carbonyl (C=O) groups is 2. The second-order valence-corrected chi connectivity index (χ2v) is 7.20. The number of anilines is 1. The molecule has 1 aliphatic heterocycles. The summed E-state index contributed by atoms with van der Waals surface area (Å²) in [5, 5.41) is 4.64. The van der Waals surface area contributed by atoms with Gasteiger partial charge in [0.2, 0.25) is 5.91 Å². The van der Waals surface area contributed by atoms with Crippen molar-refractivity contribution >= 4 is 17.6 Å². The second-order valence-electron chi connectivity index (χ2n) is 7.20. The van der Waals surface area contributed by atoms with Crippen LogP contribution in [-0.4, -0.2) is 35.3 Å². The van der Waals surface area contributed by atoms with E-state index in [1.165, 1.54) is 7.11 Å². The first-order valence-corrected chi connectivity index (χ1v) is 9.61. The maximum Gasteiger partial charge on any atom is 0.337 e. The molecule has 2 aromatic carbocycles. The van der Waals surface area contributed by atoms with Crippen molar-refractivity contribution in [3.05, 3.63) is 76.6 Å². The normalized spacial score (nSPS) is 12.7. The van der Waals surface area contributed by atoms with Gasteiger partial charge in [0.25, 0.3) is 0 Å². The maximum absolute atomic E-state index is 13.1. The van der Waals surface area contributed by atoms with Gasteiger partial charge in [-0.05, 0) is 56.2 Å². The van der Waals surface area contributed by atoms with Crippen molar-refractivity contribution in [3.63, 3.8) is 0 Å². The highest BCUT2D eigenvalue weighted by atomic mass is 16.5. The molecule has 148 valence electrons. The molecule has 0 aliphatic carbocycles. The summed E-state index contributed by atoms with van der Waals surface area (Å²) in [5.74, 6) is -0.328. The van der Waals surface area contributed by atoms with Gasteiger partial charge in [-0.15, -0.1) is 0 Å². The van der Waals surface area contributed by atoms with Crippen LogP contribution in [0.1, 0.15) is 32.9 Å². The van der Waals surface area contributed by atoms with Gasteiger partial charge in [-0.1, -0.05) is 18.2 Å². The molecule has 1 aliphatic rings. The minimum atomic E-state index is -0.364. The third-order valence-electron chi connectivity index (χ3n) is 5.47.